The van der Waals surface area contributed by atoms with E-state index >= 15 is 0 Å². The lowest BCUT2D eigenvalue weighted by atomic mass is 10.0. The molecule has 3 aromatic rings. The molecule has 0 aromatic heterocycles. The summed E-state index contributed by atoms with van der Waals surface area (Å²) >= 11 is 0. The van der Waals surface area contributed by atoms with Crippen molar-refractivity contribution < 1.29 is 19.1 Å². The van der Waals surface area contributed by atoms with Gasteiger partial charge in [0.2, 0.25) is 0 Å². The number of amides is 1. The lowest BCUT2D eigenvalue weighted by Crippen LogP contribution is -2.22. The molecule has 0 unspecified atom stereocenters. The number of carbonyl (C=O) groups is 2. The predicted molar refractivity (Wildman–Crippen MR) is 96.4 cm³/mol. The van der Waals surface area contributed by atoms with Crippen molar-refractivity contribution in [3.8, 4) is 11.1 Å². The average molecular weight is 349 g/mol. The summed E-state index contributed by atoms with van der Waals surface area (Å²) in [6, 6.07) is 19.5. The largest absolute Gasteiger partial charge is 0.478 e. The molecule has 0 heterocycles. The molecule has 3 rings (SSSR count). The zero-order valence-electron chi connectivity index (χ0n) is 13.8. The van der Waals surface area contributed by atoms with Gasteiger partial charge in [-0.2, -0.15) is 0 Å². The van der Waals surface area contributed by atoms with Gasteiger partial charge in [-0.25, -0.2) is 9.18 Å². The molecule has 2 N–H and O–H groups in total. The fourth-order valence-corrected chi connectivity index (χ4v) is 2.51. The summed E-state index contributed by atoms with van der Waals surface area (Å²) in [5.74, 6) is -1.50. The van der Waals surface area contributed by atoms with Crippen LogP contribution >= 0.6 is 0 Å². The molecule has 1 amide bonds. The van der Waals surface area contributed by atoms with Crippen LogP contribution in [0.2, 0.25) is 0 Å². The lowest BCUT2D eigenvalue weighted by Gasteiger charge is -2.07. The second kappa shape index (κ2) is 7.61. The Morgan fingerprint density at radius 3 is 1.81 bits per heavy atom. The van der Waals surface area contributed by atoms with Gasteiger partial charge in [-0.3, -0.25) is 4.79 Å². The fourth-order valence-electron chi connectivity index (χ4n) is 2.51. The highest BCUT2D eigenvalue weighted by molar-refractivity contribution is 5.94. The number of hydrogen-bond acceptors (Lipinski definition) is 2. The van der Waals surface area contributed by atoms with Gasteiger partial charge in [0.15, 0.2) is 0 Å². The standard InChI is InChI=1S/C21H16FNO3/c22-19-11-9-16(10-12-19)15-5-7-17(8-6-15)20(24)23-13-14-1-3-18(4-2-14)21(25)26/h1-12H,13H2,(H,23,24)(H,25,26). The van der Waals surface area contributed by atoms with Gasteiger partial charge in [-0.15, -0.1) is 0 Å². The van der Waals surface area contributed by atoms with Crippen molar-refractivity contribution in [1.82, 2.24) is 5.32 Å². The van der Waals surface area contributed by atoms with E-state index in [0.717, 1.165) is 16.7 Å². The number of rotatable bonds is 5. The number of carboxylic acid groups (broad SMARTS) is 1. The van der Waals surface area contributed by atoms with Gasteiger partial charge >= 0.3 is 5.97 Å². The van der Waals surface area contributed by atoms with Crippen LogP contribution in [0.25, 0.3) is 11.1 Å². The summed E-state index contributed by atoms with van der Waals surface area (Å²) in [4.78, 5) is 23.1. The Balaban J connectivity index is 1.62. The van der Waals surface area contributed by atoms with E-state index < -0.39 is 5.97 Å². The fraction of sp³-hybridized carbons (Fsp3) is 0.0476. The molecule has 3 aromatic carbocycles. The average Bonchev–Trinajstić information content (AvgIpc) is 2.67. The summed E-state index contributed by atoms with van der Waals surface area (Å²) in [6.07, 6.45) is 0. The Kier molecular flexibility index (Phi) is 5.08. The molecule has 0 fully saturated rings. The molecular weight excluding hydrogens is 333 g/mol. The molecule has 0 aliphatic rings. The van der Waals surface area contributed by atoms with Crippen LogP contribution in [0, 0.1) is 5.82 Å². The highest BCUT2D eigenvalue weighted by atomic mass is 19.1. The first-order valence-corrected chi connectivity index (χ1v) is 7.99. The molecule has 0 bridgehead atoms. The number of halogens is 1. The first kappa shape index (κ1) is 17.4. The monoisotopic (exact) mass is 349 g/mol. The van der Waals surface area contributed by atoms with Crippen LogP contribution in [0.5, 0.6) is 0 Å². The van der Waals surface area contributed by atoms with E-state index in [-0.39, 0.29) is 17.3 Å². The van der Waals surface area contributed by atoms with E-state index in [1.807, 2.05) is 12.1 Å². The minimum Gasteiger partial charge on any atom is -0.478 e. The number of aromatic carboxylic acids is 1. The Bertz CT molecular complexity index is 917. The van der Waals surface area contributed by atoms with E-state index in [4.69, 9.17) is 5.11 Å². The maximum Gasteiger partial charge on any atom is 0.335 e. The summed E-state index contributed by atoms with van der Waals surface area (Å²) in [5.41, 5.74) is 3.29. The topological polar surface area (TPSA) is 66.4 Å². The number of benzene rings is 3. The quantitative estimate of drug-likeness (QED) is 0.728. The normalized spacial score (nSPS) is 10.3. The summed E-state index contributed by atoms with van der Waals surface area (Å²) in [5, 5.41) is 11.7. The van der Waals surface area contributed by atoms with Gasteiger partial charge in [0.25, 0.3) is 5.91 Å². The van der Waals surface area contributed by atoms with Crippen LogP contribution in [0.4, 0.5) is 4.39 Å². The van der Waals surface area contributed by atoms with Crippen molar-refractivity contribution in [2.75, 3.05) is 0 Å². The third-order valence-electron chi connectivity index (χ3n) is 3.98. The highest BCUT2D eigenvalue weighted by Crippen LogP contribution is 2.20. The molecular formula is C21H16FNO3. The third kappa shape index (κ3) is 4.13. The zero-order chi connectivity index (χ0) is 18.5. The predicted octanol–water partition coefficient (Wildman–Crippen LogP) is 4.12. The highest BCUT2D eigenvalue weighted by Gasteiger charge is 2.07. The van der Waals surface area contributed by atoms with E-state index in [1.54, 1.807) is 36.4 Å². The van der Waals surface area contributed by atoms with E-state index in [2.05, 4.69) is 5.32 Å². The second-order valence-corrected chi connectivity index (χ2v) is 5.77. The molecule has 130 valence electrons. The van der Waals surface area contributed by atoms with Crippen LogP contribution in [-0.4, -0.2) is 17.0 Å². The molecule has 0 aliphatic carbocycles. The molecule has 0 atom stereocenters. The zero-order valence-corrected chi connectivity index (χ0v) is 13.8. The number of carbonyl (C=O) groups excluding carboxylic acids is 1. The van der Waals surface area contributed by atoms with Crippen molar-refractivity contribution in [1.29, 1.82) is 0 Å². The van der Waals surface area contributed by atoms with Gasteiger partial charge in [-0.05, 0) is 53.1 Å². The van der Waals surface area contributed by atoms with Crippen LogP contribution in [0.1, 0.15) is 26.3 Å². The van der Waals surface area contributed by atoms with Crippen LogP contribution < -0.4 is 5.32 Å². The van der Waals surface area contributed by atoms with Gasteiger partial charge < -0.3 is 10.4 Å². The molecule has 0 saturated carbocycles. The van der Waals surface area contributed by atoms with E-state index in [1.165, 1.54) is 24.3 Å². The van der Waals surface area contributed by atoms with Crippen molar-refractivity contribution in [2.24, 2.45) is 0 Å². The minimum absolute atomic E-state index is 0.205. The minimum atomic E-state index is -0.984. The smallest absolute Gasteiger partial charge is 0.335 e. The van der Waals surface area contributed by atoms with Crippen molar-refractivity contribution in [3.05, 3.63) is 95.3 Å². The molecule has 0 radical (unpaired) electrons. The lowest BCUT2D eigenvalue weighted by molar-refractivity contribution is 0.0696. The Morgan fingerprint density at radius 2 is 1.27 bits per heavy atom. The van der Waals surface area contributed by atoms with Crippen molar-refractivity contribution in [2.45, 2.75) is 6.54 Å². The van der Waals surface area contributed by atoms with E-state index in [0.29, 0.717) is 12.1 Å². The van der Waals surface area contributed by atoms with Gasteiger partial charge in [-0.1, -0.05) is 36.4 Å². The van der Waals surface area contributed by atoms with Gasteiger partial charge in [0.05, 0.1) is 5.56 Å². The molecule has 5 heteroatoms. The van der Waals surface area contributed by atoms with Crippen molar-refractivity contribution >= 4 is 11.9 Å². The Labute approximate surface area is 149 Å². The Hall–Kier alpha value is -3.47. The summed E-state index contributed by atoms with van der Waals surface area (Å²) < 4.78 is 13.0. The van der Waals surface area contributed by atoms with Crippen molar-refractivity contribution in [3.63, 3.8) is 0 Å². The molecule has 4 nitrogen and oxygen atoms in total. The summed E-state index contributed by atoms with van der Waals surface area (Å²) in [7, 11) is 0. The SMILES string of the molecule is O=C(O)c1ccc(CNC(=O)c2ccc(-c3ccc(F)cc3)cc2)cc1. The molecule has 26 heavy (non-hydrogen) atoms. The Morgan fingerprint density at radius 1 is 0.769 bits per heavy atom. The molecule has 0 spiro atoms. The maximum absolute atomic E-state index is 13.0. The summed E-state index contributed by atoms with van der Waals surface area (Å²) in [6.45, 7) is 0.304. The molecule has 0 saturated heterocycles. The molecule has 0 aliphatic heterocycles. The number of carboxylic acids is 1. The van der Waals surface area contributed by atoms with Gasteiger partial charge in [0.1, 0.15) is 5.82 Å². The first-order chi connectivity index (χ1) is 12.5. The second-order valence-electron chi connectivity index (χ2n) is 5.77. The van der Waals surface area contributed by atoms with E-state index in [9.17, 15) is 14.0 Å². The van der Waals surface area contributed by atoms with Crippen LogP contribution in [-0.2, 0) is 6.54 Å². The third-order valence-corrected chi connectivity index (χ3v) is 3.98. The maximum atomic E-state index is 13.0. The number of nitrogens with one attached hydrogen (secondary N) is 1. The van der Waals surface area contributed by atoms with Crippen LogP contribution in [0.3, 0.4) is 0 Å². The first-order valence-electron chi connectivity index (χ1n) is 7.99. The number of hydrogen-bond donors (Lipinski definition) is 2. The van der Waals surface area contributed by atoms with Crippen LogP contribution in [0.15, 0.2) is 72.8 Å². The van der Waals surface area contributed by atoms with Gasteiger partial charge in [0, 0.05) is 12.1 Å².